The lowest BCUT2D eigenvalue weighted by Gasteiger charge is -2.09. The highest BCUT2D eigenvalue weighted by atomic mass is 32.2. The van der Waals surface area contributed by atoms with Crippen molar-refractivity contribution in [2.75, 3.05) is 5.75 Å². The highest BCUT2D eigenvalue weighted by Gasteiger charge is 2.30. The smallest absolute Gasteiger partial charge is 0.157 e. The van der Waals surface area contributed by atoms with Gasteiger partial charge in [-0.1, -0.05) is 0 Å². The van der Waals surface area contributed by atoms with Gasteiger partial charge in [0.1, 0.15) is 6.10 Å². The topological polar surface area (TPSA) is 9.23 Å². The molecule has 9 heavy (non-hydrogen) atoms. The van der Waals surface area contributed by atoms with Gasteiger partial charge in [-0.15, -0.1) is 0 Å². The van der Waals surface area contributed by atoms with Crippen molar-refractivity contribution in [3.8, 4) is 0 Å². The second-order valence-corrected chi connectivity index (χ2v) is 4.03. The zero-order valence-corrected chi connectivity index (χ0v) is 7.22. The van der Waals surface area contributed by atoms with E-state index in [-0.39, 0.29) is 0 Å². The molecule has 1 fully saturated rings. The molecule has 0 aromatic carbocycles. The number of ether oxygens (including phenoxy) is 1. The summed E-state index contributed by atoms with van der Waals surface area (Å²) in [5.41, 5.74) is 0. The normalized spacial score (nSPS) is 27.1. The van der Waals surface area contributed by atoms with Gasteiger partial charge in [0.2, 0.25) is 0 Å². The SMILES string of the molecule is CC(=S)OC(C)[C@H]1CS1. The minimum atomic E-state index is 0.326. The zero-order valence-electron chi connectivity index (χ0n) is 5.59. The first-order chi connectivity index (χ1) is 4.20. The second kappa shape index (κ2) is 2.88. The van der Waals surface area contributed by atoms with Crippen molar-refractivity contribution in [3.63, 3.8) is 0 Å². The second-order valence-electron chi connectivity index (χ2n) is 2.19. The number of thioether (sulfide) groups is 1. The van der Waals surface area contributed by atoms with Crippen molar-refractivity contribution in [1.29, 1.82) is 0 Å². The monoisotopic (exact) mass is 162 g/mol. The predicted octanol–water partition coefficient (Wildman–Crippen LogP) is 1.85. The molecule has 2 atom stereocenters. The Morgan fingerprint density at radius 1 is 1.89 bits per heavy atom. The van der Waals surface area contributed by atoms with Gasteiger partial charge in [-0.3, -0.25) is 0 Å². The third-order valence-electron chi connectivity index (χ3n) is 1.23. The number of thiocarbonyl (C=S) groups is 1. The van der Waals surface area contributed by atoms with Gasteiger partial charge in [-0.25, -0.2) is 0 Å². The molecule has 0 aromatic heterocycles. The summed E-state index contributed by atoms with van der Waals surface area (Å²) in [6.45, 7) is 3.89. The maximum Gasteiger partial charge on any atom is 0.157 e. The highest BCUT2D eigenvalue weighted by molar-refractivity contribution is 8.06. The fourth-order valence-corrected chi connectivity index (χ4v) is 1.52. The maximum absolute atomic E-state index is 5.28. The summed E-state index contributed by atoms with van der Waals surface area (Å²) < 4.78 is 5.28. The molecule has 1 aliphatic heterocycles. The molecular weight excluding hydrogens is 152 g/mol. The van der Waals surface area contributed by atoms with Crippen LogP contribution in [0.3, 0.4) is 0 Å². The van der Waals surface area contributed by atoms with E-state index in [1.165, 1.54) is 5.75 Å². The molecule has 1 unspecified atom stereocenters. The fraction of sp³-hybridized carbons (Fsp3) is 0.833. The molecule has 0 aromatic rings. The van der Waals surface area contributed by atoms with E-state index in [1.54, 1.807) is 0 Å². The van der Waals surface area contributed by atoms with Crippen LogP contribution in [0.5, 0.6) is 0 Å². The zero-order chi connectivity index (χ0) is 6.85. The van der Waals surface area contributed by atoms with Crippen LogP contribution in [0.4, 0.5) is 0 Å². The van der Waals surface area contributed by atoms with Crippen molar-refractivity contribution in [3.05, 3.63) is 0 Å². The van der Waals surface area contributed by atoms with E-state index in [0.29, 0.717) is 16.4 Å². The lowest BCUT2D eigenvalue weighted by atomic mass is 10.3. The standard InChI is InChI=1S/C6H10OS2/c1-4(6-3-9-6)7-5(2)8/h4,6H,3H2,1-2H3/t4?,6-/m1/s1. The van der Waals surface area contributed by atoms with E-state index in [0.717, 1.165) is 0 Å². The van der Waals surface area contributed by atoms with Crippen molar-refractivity contribution in [1.82, 2.24) is 0 Å². The van der Waals surface area contributed by atoms with Crippen molar-refractivity contribution in [2.45, 2.75) is 25.2 Å². The third-order valence-corrected chi connectivity index (χ3v) is 2.43. The first-order valence-corrected chi connectivity index (χ1v) is 4.44. The molecule has 0 radical (unpaired) electrons. The van der Waals surface area contributed by atoms with Crippen LogP contribution in [-0.4, -0.2) is 22.2 Å². The molecule has 0 N–H and O–H groups in total. The quantitative estimate of drug-likeness (QED) is 0.453. The molecule has 0 aliphatic carbocycles. The minimum Gasteiger partial charge on any atom is -0.483 e. The number of rotatable bonds is 2. The molecule has 1 aliphatic rings. The van der Waals surface area contributed by atoms with Crippen molar-refractivity contribution in [2.24, 2.45) is 0 Å². The first-order valence-electron chi connectivity index (χ1n) is 2.99. The molecule has 0 spiro atoms. The molecule has 0 saturated carbocycles. The Balaban J connectivity index is 2.17. The Labute approximate surface area is 65.2 Å². The third kappa shape index (κ3) is 2.54. The van der Waals surface area contributed by atoms with Crippen LogP contribution >= 0.6 is 24.0 Å². The highest BCUT2D eigenvalue weighted by Crippen LogP contribution is 2.34. The summed E-state index contributed by atoms with van der Waals surface area (Å²) in [7, 11) is 0. The van der Waals surface area contributed by atoms with Crippen LogP contribution in [0.2, 0.25) is 0 Å². The summed E-state index contributed by atoms with van der Waals surface area (Å²) >= 11 is 6.72. The molecule has 1 nitrogen and oxygen atoms in total. The van der Waals surface area contributed by atoms with E-state index in [4.69, 9.17) is 17.0 Å². The van der Waals surface area contributed by atoms with E-state index in [2.05, 4.69) is 6.92 Å². The molecule has 1 heterocycles. The van der Waals surface area contributed by atoms with Gasteiger partial charge in [-0.05, 0) is 19.1 Å². The first kappa shape index (κ1) is 7.35. The van der Waals surface area contributed by atoms with Crippen LogP contribution < -0.4 is 0 Å². The van der Waals surface area contributed by atoms with Gasteiger partial charge in [0.05, 0.1) is 5.25 Å². The lowest BCUT2D eigenvalue weighted by Crippen LogP contribution is -2.16. The minimum absolute atomic E-state index is 0.326. The van der Waals surface area contributed by atoms with Gasteiger partial charge in [0.25, 0.3) is 0 Å². The molecule has 1 saturated heterocycles. The predicted molar refractivity (Wildman–Crippen MR) is 45.1 cm³/mol. The number of hydrogen-bond acceptors (Lipinski definition) is 3. The summed E-state index contributed by atoms with van der Waals surface area (Å²) in [5.74, 6) is 1.24. The number of hydrogen-bond donors (Lipinski definition) is 0. The van der Waals surface area contributed by atoms with Crippen molar-refractivity contribution >= 4 is 29.0 Å². The van der Waals surface area contributed by atoms with Gasteiger partial charge in [-0.2, -0.15) is 11.8 Å². The lowest BCUT2D eigenvalue weighted by molar-refractivity contribution is 0.222. The van der Waals surface area contributed by atoms with Gasteiger partial charge in [0.15, 0.2) is 5.05 Å². The average molecular weight is 162 g/mol. The van der Waals surface area contributed by atoms with E-state index in [1.807, 2.05) is 18.7 Å². The fourth-order valence-electron chi connectivity index (χ4n) is 0.664. The average Bonchev–Trinajstić information content (AvgIpc) is 2.40. The summed E-state index contributed by atoms with van der Waals surface area (Å²) in [5, 5.41) is 1.37. The largest absolute Gasteiger partial charge is 0.483 e. The van der Waals surface area contributed by atoms with Gasteiger partial charge in [0, 0.05) is 12.7 Å². The van der Waals surface area contributed by atoms with Crippen LogP contribution in [0.25, 0.3) is 0 Å². The summed E-state index contributed by atoms with van der Waals surface area (Å²) in [6, 6.07) is 0. The Morgan fingerprint density at radius 2 is 2.44 bits per heavy atom. The van der Waals surface area contributed by atoms with Crippen LogP contribution in [0.1, 0.15) is 13.8 Å². The summed E-state index contributed by atoms with van der Waals surface area (Å²) in [4.78, 5) is 0. The molecule has 0 amide bonds. The van der Waals surface area contributed by atoms with Crippen LogP contribution in [0.15, 0.2) is 0 Å². The van der Waals surface area contributed by atoms with E-state index < -0.39 is 0 Å². The van der Waals surface area contributed by atoms with Crippen LogP contribution in [-0.2, 0) is 4.74 Å². The Morgan fingerprint density at radius 3 is 2.78 bits per heavy atom. The van der Waals surface area contributed by atoms with Crippen LogP contribution in [0, 0.1) is 0 Å². The van der Waals surface area contributed by atoms with Gasteiger partial charge >= 0.3 is 0 Å². The molecule has 1 rings (SSSR count). The molecule has 52 valence electrons. The van der Waals surface area contributed by atoms with Crippen molar-refractivity contribution < 1.29 is 4.74 Å². The summed E-state index contributed by atoms with van der Waals surface area (Å²) in [6.07, 6.45) is 0.326. The molecular formula is C6H10OS2. The maximum atomic E-state index is 5.28. The van der Waals surface area contributed by atoms with E-state index >= 15 is 0 Å². The van der Waals surface area contributed by atoms with Gasteiger partial charge < -0.3 is 4.74 Å². The molecule has 0 bridgehead atoms. The van der Waals surface area contributed by atoms with E-state index in [9.17, 15) is 0 Å². The molecule has 3 heteroatoms. The Bertz CT molecular complexity index is 120. The Kier molecular flexibility index (Phi) is 2.35. The Hall–Kier alpha value is 0.240.